The molecule has 0 aliphatic carbocycles. The van der Waals surface area contributed by atoms with Crippen LogP contribution in [-0.2, 0) is 0 Å². The molecule has 1 aromatic heterocycles. The minimum absolute atomic E-state index is 0.203. The van der Waals surface area contributed by atoms with Crippen molar-refractivity contribution in [3.05, 3.63) is 48.3 Å². The van der Waals surface area contributed by atoms with E-state index in [1.54, 1.807) is 12.3 Å². The van der Waals surface area contributed by atoms with Crippen molar-refractivity contribution in [1.82, 2.24) is 4.98 Å². The molecule has 25 heavy (non-hydrogen) atoms. The van der Waals surface area contributed by atoms with Crippen molar-refractivity contribution in [3.63, 3.8) is 0 Å². The Bertz CT molecular complexity index is 661. The summed E-state index contributed by atoms with van der Waals surface area (Å²) in [5.74, 6) is 0.355. The number of carbonyl (C=O) groups excluding carboxylic acids is 1. The monoisotopic (exact) mass is 340 g/mol. The summed E-state index contributed by atoms with van der Waals surface area (Å²) < 4.78 is 0. The van der Waals surface area contributed by atoms with Crippen LogP contribution in [-0.4, -0.2) is 30.5 Å². The molecule has 0 radical (unpaired) electrons. The number of nitrogens with zero attached hydrogens (tertiary/aromatic N) is 2. The molecule has 0 saturated heterocycles. The Kier molecular flexibility index (Phi) is 6.81. The predicted molar refractivity (Wildman–Crippen MR) is 106 cm³/mol. The van der Waals surface area contributed by atoms with E-state index < -0.39 is 0 Å². The van der Waals surface area contributed by atoms with Crippen molar-refractivity contribution in [2.45, 2.75) is 27.7 Å². The summed E-state index contributed by atoms with van der Waals surface area (Å²) in [6.07, 6.45) is 1.70. The van der Waals surface area contributed by atoms with Crippen LogP contribution >= 0.6 is 0 Å². The van der Waals surface area contributed by atoms with Crippen LogP contribution in [0, 0.1) is 5.92 Å². The summed E-state index contributed by atoms with van der Waals surface area (Å²) in [5.41, 5.74) is 3.25. The van der Waals surface area contributed by atoms with Gasteiger partial charge in [-0.05, 0) is 56.2 Å². The van der Waals surface area contributed by atoms with Crippen LogP contribution in [0.15, 0.2) is 42.6 Å². The van der Waals surface area contributed by atoms with Crippen molar-refractivity contribution in [1.29, 1.82) is 0 Å². The van der Waals surface area contributed by atoms with Crippen molar-refractivity contribution >= 4 is 23.0 Å². The van der Waals surface area contributed by atoms with Crippen LogP contribution in [0.1, 0.15) is 38.2 Å². The van der Waals surface area contributed by atoms with Crippen LogP contribution in [0.5, 0.6) is 0 Å². The number of aromatic nitrogens is 1. The Morgan fingerprint density at radius 1 is 1.04 bits per heavy atom. The summed E-state index contributed by atoms with van der Waals surface area (Å²) in [5, 5.41) is 6.18. The molecular weight excluding hydrogens is 312 g/mol. The van der Waals surface area contributed by atoms with Crippen LogP contribution in [0.25, 0.3) is 0 Å². The molecule has 0 saturated carbocycles. The van der Waals surface area contributed by atoms with Gasteiger partial charge in [-0.3, -0.25) is 4.79 Å². The fourth-order valence-corrected chi connectivity index (χ4v) is 2.49. The van der Waals surface area contributed by atoms with E-state index in [9.17, 15) is 4.79 Å². The van der Waals surface area contributed by atoms with Gasteiger partial charge < -0.3 is 15.5 Å². The largest absolute Gasteiger partial charge is 0.384 e. The van der Waals surface area contributed by atoms with Gasteiger partial charge in [0, 0.05) is 31.0 Å². The van der Waals surface area contributed by atoms with Gasteiger partial charge in [-0.25, -0.2) is 4.98 Å². The molecule has 2 N–H and O–H groups in total. The van der Waals surface area contributed by atoms with Gasteiger partial charge in [0.1, 0.15) is 5.69 Å². The number of nitrogens with one attached hydrogen (secondary N) is 2. The zero-order valence-electron chi connectivity index (χ0n) is 15.5. The topological polar surface area (TPSA) is 57.3 Å². The summed E-state index contributed by atoms with van der Waals surface area (Å²) >= 11 is 0. The highest BCUT2D eigenvalue weighted by Gasteiger charge is 2.08. The van der Waals surface area contributed by atoms with Gasteiger partial charge in [-0.15, -0.1) is 0 Å². The lowest BCUT2D eigenvalue weighted by Gasteiger charge is -2.21. The Morgan fingerprint density at radius 2 is 1.68 bits per heavy atom. The first-order valence-corrected chi connectivity index (χ1v) is 8.89. The average Bonchev–Trinajstić information content (AvgIpc) is 2.62. The Balaban J connectivity index is 1.97. The maximum atomic E-state index is 12.3. The van der Waals surface area contributed by atoms with Gasteiger partial charge in [0.15, 0.2) is 0 Å². The van der Waals surface area contributed by atoms with Crippen molar-refractivity contribution < 1.29 is 4.79 Å². The smallest absolute Gasteiger partial charge is 0.274 e. The third-order valence-electron chi connectivity index (χ3n) is 3.96. The van der Waals surface area contributed by atoms with E-state index in [1.807, 2.05) is 30.3 Å². The van der Waals surface area contributed by atoms with E-state index >= 15 is 0 Å². The summed E-state index contributed by atoms with van der Waals surface area (Å²) in [7, 11) is 0. The number of pyridine rings is 1. The molecule has 134 valence electrons. The molecule has 0 bridgehead atoms. The summed E-state index contributed by atoms with van der Waals surface area (Å²) in [6.45, 7) is 11.4. The molecule has 5 heteroatoms. The first kappa shape index (κ1) is 18.8. The lowest BCUT2D eigenvalue weighted by molar-refractivity contribution is 0.102. The Morgan fingerprint density at radius 3 is 2.20 bits per heavy atom. The Hall–Kier alpha value is -2.56. The van der Waals surface area contributed by atoms with E-state index in [-0.39, 0.29) is 5.91 Å². The molecule has 0 unspecified atom stereocenters. The molecule has 1 aromatic carbocycles. The number of rotatable bonds is 8. The summed E-state index contributed by atoms with van der Waals surface area (Å²) in [4.78, 5) is 18.8. The van der Waals surface area contributed by atoms with Crippen LogP contribution in [0.2, 0.25) is 0 Å². The molecular formula is C20H28N4O. The first-order chi connectivity index (χ1) is 12.0. The van der Waals surface area contributed by atoms with Gasteiger partial charge in [0.25, 0.3) is 5.91 Å². The van der Waals surface area contributed by atoms with Crippen LogP contribution in [0.3, 0.4) is 0 Å². The van der Waals surface area contributed by atoms with Gasteiger partial charge in [-0.1, -0.05) is 13.8 Å². The maximum Gasteiger partial charge on any atom is 0.274 e. The van der Waals surface area contributed by atoms with Crippen LogP contribution in [0.4, 0.5) is 17.1 Å². The number of carbonyl (C=O) groups is 1. The molecule has 1 amide bonds. The fourth-order valence-electron chi connectivity index (χ4n) is 2.49. The zero-order valence-corrected chi connectivity index (χ0v) is 15.5. The second-order valence-electron chi connectivity index (χ2n) is 6.38. The van der Waals surface area contributed by atoms with E-state index in [0.717, 1.165) is 36.7 Å². The van der Waals surface area contributed by atoms with E-state index in [1.165, 1.54) is 0 Å². The number of anilines is 3. The lowest BCUT2D eigenvalue weighted by atomic mass is 10.2. The Labute approximate surface area is 150 Å². The van der Waals surface area contributed by atoms with Gasteiger partial charge >= 0.3 is 0 Å². The predicted octanol–water partition coefficient (Wildman–Crippen LogP) is 4.25. The van der Waals surface area contributed by atoms with E-state index in [4.69, 9.17) is 0 Å². The van der Waals surface area contributed by atoms with Crippen molar-refractivity contribution in [2.75, 3.05) is 35.2 Å². The highest BCUT2D eigenvalue weighted by atomic mass is 16.1. The van der Waals surface area contributed by atoms with E-state index in [0.29, 0.717) is 11.6 Å². The average molecular weight is 340 g/mol. The SMILES string of the molecule is CCN(CC)c1ccc(NC(=O)c2ccc(NCC(C)C)cn2)cc1. The molecule has 2 rings (SSSR count). The third-order valence-corrected chi connectivity index (χ3v) is 3.96. The molecule has 0 spiro atoms. The highest BCUT2D eigenvalue weighted by molar-refractivity contribution is 6.03. The lowest BCUT2D eigenvalue weighted by Crippen LogP contribution is -2.21. The minimum atomic E-state index is -0.203. The van der Waals surface area contributed by atoms with E-state index in [2.05, 4.69) is 48.2 Å². The van der Waals surface area contributed by atoms with Gasteiger partial charge in [0.05, 0.1) is 11.9 Å². The third kappa shape index (κ3) is 5.48. The molecule has 0 fully saturated rings. The molecule has 2 aromatic rings. The van der Waals surface area contributed by atoms with Gasteiger partial charge in [0.2, 0.25) is 0 Å². The second-order valence-corrected chi connectivity index (χ2v) is 6.38. The number of benzene rings is 1. The zero-order chi connectivity index (χ0) is 18.2. The second kappa shape index (κ2) is 9.06. The van der Waals surface area contributed by atoms with Crippen molar-refractivity contribution in [2.24, 2.45) is 5.92 Å². The molecule has 0 atom stereocenters. The molecule has 0 aliphatic heterocycles. The molecule has 5 nitrogen and oxygen atoms in total. The van der Waals surface area contributed by atoms with Gasteiger partial charge in [-0.2, -0.15) is 0 Å². The molecule has 1 heterocycles. The maximum absolute atomic E-state index is 12.3. The fraction of sp³-hybridized carbons (Fsp3) is 0.400. The number of hydrogen-bond donors (Lipinski definition) is 2. The highest BCUT2D eigenvalue weighted by Crippen LogP contribution is 2.18. The first-order valence-electron chi connectivity index (χ1n) is 8.89. The minimum Gasteiger partial charge on any atom is -0.384 e. The van der Waals surface area contributed by atoms with Crippen molar-refractivity contribution in [3.8, 4) is 0 Å². The quantitative estimate of drug-likeness (QED) is 0.754. The van der Waals surface area contributed by atoms with Crippen LogP contribution < -0.4 is 15.5 Å². The number of amides is 1. The standard InChI is InChI=1S/C20H28N4O/c1-5-24(6-2)18-10-7-16(8-11-18)23-20(25)19-12-9-17(14-22-19)21-13-15(3)4/h7-12,14-15,21H,5-6,13H2,1-4H3,(H,23,25). The molecule has 0 aliphatic rings. The number of hydrogen-bond acceptors (Lipinski definition) is 4. The summed E-state index contributed by atoms with van der Waals surface area (Å²) in [6, 6.07) is 11.5. The normalized spacial score (nSPS) is 10.6.